The third kappa shape index (κ3) is 4.35. The van der Waals surface area contributed by atoms with Crippen molar-refractivity contribution in [3.63, 3.8) is 0 Å². The molecule has 0 aromatic heterocycles. The number of aryl methyl sites for hydroxylation is 1. The summed E-state index contributed by atoms with van der Waals surface area (Å²) < 4.78 is 6.14. The van der Waals surface area contributed by atoms with Gasteiger partial charge < -0.3 is 15.0 Å². The molecule has 0 atom stereocenters. The first-order chi connectivity index (χ1) is 11.4. The molecule has 1 N–H and O–H groups in total. The van der Waals surface area contributed by atoms with Crippen LogP contribution in [-0.2, 0) is 9.59 Å². The Balaban J connectivity index is 2.19. The number of nitrogens with one attached hydrogen (secondary N) is 1. The molecule has 2 aromatic rings. The molecular weight excluding hydrogens is 372 g/mol. The van der Waals surface area contributed by atoms with Crippen molar-refractivity contribution in [2.75, 3.05) is 23.9 Å². The van der Waals surface area contributed by atoms with Gasteiger partial charge in [-0.05, 0) is 42.8 Å². The molecule has 0 aliphatic carbocycles. The zero-order valence-corrected chi connectivity index (χ0v) is 15.4. The number of amides is 2. The Morgan fingerprint density at radius 1 is 1.21 bits per heavy atom. The number of hydrogen-bond donors (Lipinski definition) is 1. The molecule has 0 spiro atoms. The molecule has 126 valence electrons. The monoisotopic (exact) mass is 390 g/mol. The van der Waals surface area contributed by atoms with E-state index < -0.39 is 0 Å². The summed E-state index contributed by atoms with van der Waals surface area (Å²) >= 11 is 3.40. The number of ether oxygens (including phenoxy) is 1. The maximum Gasteiger partial charge on any atom is 0.244 e. The number of halogens is 1. The van der Waals surface area contributed by atoms with Crippen molar-refractivity contribution in [1.82, 2.24) is 0 Å². The molecule has 0 heterocycles. The van der Waals surface area contributed by atoms with Crippen LogP contribution in [0.25, 0.3) is 0 Å². The first kappa shape index (κ1) is 18.0. The SMILES string of the molecule is COc1ccccc1NC(=O)CN(C(C)=O)c1ccc(Br)cc1C. The van der Waals surface area contributed by atoms with Crippen LogP contribution in [-0.4, -0.2) is 25.5 Å². The highest BCUT2D eigenvalue weighted by Crippen LogP contribution is 2.25. The predicted molar refractivity (Wildman–Crippen MR) is 98.5 cm³/mol. The Kier molecular flexibility index (Phi) is 5.98. The highest BCUT2D eigenvalue weighted by molar-refractivity contribution is 9.10. The van der Waals surface area contributed by atoms with Crippen molar-refractivity contribution in [1.29, 1.82) is 0 Å². The van der Waals surface area contributed by atoms with Gasteiger partial charge in [0, 0.05) is 17.1 Å². The van der Waals surface area contributed by atoms with Gasteiger partial charge >= 0.3 is 0 Å². The number of rotatable bonds is 5. The molecule has 0 aliphatic heterocycles. The van der Waals surface area contributed by atoms with Crippen LogP contribution in [0.5, 0.6) is 5.75 Å². The van der Waals surface area contributed by atoms with E-state index in [4.69, 9.17) is 4.74 Å². The van der Waals surface area contributed by atoms with Gasteiger partial charge in [-0.3, -0.25) is 9.59 Å². The zero-order valence-electron chi connectivity index (χ0n) is 13.8. The van der Waals surface area contributed by atoms with Gasteiger partial charge in [0.25, 0.3) is 0 Å². The molecule has 2 aromatic carbocycles. The molecule has 0 unspecified atom stereocenters. The number of methoxy groups -OCH3 is 1. The Hall–Kier alpha value is -2.34. The maximum atomic E-state index is 12.4. The van der Waals surface area contributed by atoms with E-state index in [0.29, 0.717) is 17.1 Å². The summed E-state index contributed by atoms with van der Waals surface area (Å²) in [6.07, 6.45) is 0. The van der Waals surface area contributed by atoms with Crippen LogP contribution < -0.4 is 15.0 Å². The average Bonchev–Trinajstić information content (AvgIpc) is 2.53. The molecule has 0 bridgehead atoms. The van der Waals surface area contributed by atoms with E-state index >= 15 is 0 Å². The Morgan fingerprint density at radius 3 is 2.54 bits per heavy atom. The predicted octanol–water partition coefficient (Wildman–Crippen LogP) is 3.76. The summed E-state index contributed by atoms with van der Waals surface area (Å²) in [5.74, 6) is 0.0765. The normalized spacial score (nSPS) is 10.2. The molecule has 0 saturated carbocycles. The van der Waals surface area contributed by atoms with Crippen LogP contribution in [0.1, 0.15) is 12.5 Å². The zero-order chi connectivity index (χ0) is 17.7. The minimum absolute atomic E-state index is 0.0736. The van der Waals surface area contributed by atoms with Crippen LogP contribution in [0.4, 0.5) is 11.4 Å². The Morgan fingerprint density at radius 2 is 1.92 bits per heavy atom. The molecule has 5 nitrogen and oxygen atoms in total. The molecule has 24 heavy (non-hydrogen) atoms. The van der Waals surface area contributed by atoms with E-state index in [9.17, 15) is 9.59 Å². The quantitative estimate of drug-likeness (QED) is 0.845. The van der Waals surface area contributed by atoms with Crippen molar-refractivity contribution in [2.45, 2.75) is 13.8 Å². The van der Waals surface area contributed by atoms with Crippen LogP contribution in [0, 0.1) is 6.92 Å². The van der Waals surface area contributed by atoms with E-state index in [2.05, 4.69) is 21.2 Å². The van der Waals surface area contributed by atoms with Crippen molar-refractivity contribution < 1.29 is 14.3 Å². The van der Waals surface area contributed by atoms with Gasteiger partial charge in [0.2, 0.25) is 11.8 Å². The lowest BCUT2D eigenvalue weighted by Gasteiger charge is -2.23. The van der Waals surface area contributed by atoms with Crippen molar-refractivity contribution in [2.24, 2.45) is 0 Å². The summed E-state index contributed by atoms with van der Waals surface area (Å²) in [7, 11) is 1.54. The summed E-state index contributed by atoms with van der Waals surface area (Å²) in [6, 6.07) is 12.7. The molecule has 0 radical (unpaired) electrons. The molecule has 0 fully saturated rings. The summed E-state index contributed by atoms with van der Waals surface area (Å²) in [5.41, 5.74) is 2.19. The van der Waals surface area contributed by atoms with Crippen molar-refractivity contribution in [3.8, 4) is 5.75 Å². The lowest BCUT2D eigenvalue weighted by Crippen LogP contribution is -2.37. The van der Waals surface area contributed by atoms with Crippen molar-refractivity contribution in [3.05, 3.63) is 52.5 Å². The molecule has 2 amide bonds. The molecule has 0 saturated heterocycles. The minimum Gasteiger partial charge on any atom is -0.495 e. The van der Waals surface area contributed by atoms with Crippen molar-refractivity contribution >= 4 is 39.1 Å². The van der Waals surface area contributed by atoms with Gasteiger partial charge in [0.15, 0.2) is 0 Å². The molecule has 6 heteroatoms. The Bertz CT molecular complexity index is 762. The van der Waals surface area contributed by atoms with Gasteiger partial charge in [-0.25, -0.2) is 0 Å². The van der Waals surface area contributed by atoms with Crippen LogP contribution in [0.15, 0.2) is 46.9 Å². The second-order valence-corrected chi connectivity index (χ2v) is 6.20. The summed E-state index contributed by atoms with van der Waals surface area (Å²) in [6.45, 7) is 3.27. The number of carbonyl (C=O) groups excluding carboxylic acids is 2. The number of benzene rings is 2. The van der Waals surface area contributed by atoms with Gasteiger partial charge in [0.05, 0.1) is 12.8 Å². The summed E-state index contributed by atoms with van der Waals surface area (Å²) in [4.78, 5) is 25.8. The average molecular weight is 391 g/mol. The number of nitrogens with zero attached hydrogens (tertiary/aromatic N) is 1. The third-order valence-electron chi connectivity index (χ3n) is 3.51. The largest absolute Gasteiger partial charge is 0.495 e. The molecular formula is C18H19BrN2O3. The molecule has 2 rings (SSSR count). The fraction of sp³-hybridized carbons (Fsp3) is 0.222. The topological polar surface area (TPSA) is 58.6 Å². The first-order valence-electron chi connectivity index (χ1n) is 7.39. The Labute approximate surface area is 149 Å². The van der Waals surface area contributed by atoms with Crippen LogP contribution in [0.2, 0.25) is 0 Å². The summed E-state index contributed by atoms with van der Waals surface area (Å²) in [5, 5.41) is 2.78. The van der Waals surface area contributed by atoms with E-state index in [-0.39, 0.29) is 18.4 Å². The van der Waals surface area contributed by atoms with Crippen LogP contribution in [0.3, 0.4) is 0 Å². The lowest BCUT2D eigenvalue weighted by molar-refractivity contribution is -0.120. The standard InChI is InChI=1S/C18H19BrN2O3/c1-12-10-14(19)8-9-16(12)21(13(2)22)11-18(23)20-15-6-4-5-7-17(15)24-3/h4-10H,11H2,1-3H3,(H,20,23). The van der Waals surface area contributed by atoms with Gasteiger partial charge in [-0.1, -0.05) is 28.1 Å². The molecule has 0 aliphatic rings. The fourth-order valence-corrected chi connectivity index (χ4v) is 2.84. The first-order valence-corrected chi connectivity index (χ1v) is 8.18. The third-order valence-corrected chi connectivity index (χ3v) is 4.01. The van der Waals surface area contributed by atoms with E-state index in [0.717, 1.165) is 10.0 Å². The van der Waals surface area contributed by atoms with Gasteiger partial charge in [0.1, 0.15) is 12.3 Å². The smallest absolute Gasteiger partial charge is 0.244 e. The number of carbonyl (C=O) groups is 2. The highest BCUT2D eigenvalue weighted by Gasteiger charge is 2.18. The van der Waals surface area contributed by atoms with E-state index in [1.807, 2.05) is 31.2 Å². The fourth-order valence-electron chi connectivity index (χ4n) is 2.37. The number of hydrogen-bond acceptors (Lipinski definition) is 3. The second-order valence-electron chi connectivity index (χ2n) is 5.28. The lowest BCUT2D eigenvalue weighted by atomic mass is 10.1. The van der Waals surface area contributed by atoms with E-state index in [1.54, 1.807) is 18.2 Å². The number of para-hydroxylation sites is 2. The maximum absolute atomic E-state index is 12.4. The van der Waals surface area contributed by atoms with E-state index in [1.165, 1.54) is 18.9 Å². The minimum atomic E-state index is -0.294. The van der Waals surface area contributed by atoms with Gasteiger partial charge in [-0.15, -0.1) is 0 Å². The van der Waals surface area contributed by atoms with Crippen LogP contribution >= 0.6 is 15.9 Å². The van der Waals surface area contributed by atoms with Gasteiger partial charge in [-0.2, -0.15) is 0 Å². The number of anilines is 2. The highest BCUT2D eigenvalue weighted by atomic mass is 79.9. The second kappa shape index (κ2) is 7.97.